The van der Waals surface area contributed by atoms with E-state index in [2.05, 4.69) is 20.8 Å². The van der Waals surface area contributed by atoms with Crippen molar-refractivity contribution < 1.29 is 19.3 Å². The molecule has 0 aliphatic heterocycles. The third kappa shape index (κ3) is 3.72. The monoisotopic (exact) mass is 436 g/mol. The second-order valence-electron chi connectivity index (χ2n) is 12.0. The standard InChI is InChI=1S/C27H48O4/c1-17(8-7-13-28)20-9-10-21-25-22(16-24(31-6)27(20,21)3)26(2)12-11-19(29-4)14-18(26)15-23(25)30-5/h17-25,28H,7-16H2,1-6H3/t17-,18?,19-,20-,21+,22+,23-,24+,25?,26+,27-/m1/s1. The van der Waals surface area contributed by atoms with E-state index in [0.717, 1.165) is 12.8 Å². The summed E-state index contributed by atoms with van der Waals surface area (Å²) in [5.74, 6) is 4.03. The first-order valence-corrected chi connectivity index (χ1v) is 13.0. The van der Waals surface area contributed by atoms with Gasteiger partial charge in [0.1, 0.15) is 0 Å². The molecule has 0 aromatic carbocycles. The van der Waals surface area contributed by atoms with Crippen LogP contribution < -0.4 is 0 Å². The van der Waals surface area contributed by atoms with Crippen LogP contribution in [0.5, 0.6) is 0 Å². The summed E-state index contributed by atoms with van der Waals surface area (Å²) in [7, 11) is 5.80. The molecule has 0 bridgehead atoms. The van der Waals surface area contributed by atoms with E-state index in [1.54, 1.807) is 0 Å². The predicted molar refractivity (Wildman–Crippen MR) is 124 cm³/mol. The lowest BCUT2D eigenvalue weighted by Gasteiger charge is -2.64. The number of aliphatic hydroxyl groups is 1. The van der Waals surface area contributed by atoms with Crippen molar-refractivity contribution in [3.8, 4) is 0 Å². The van der Waals surface area contributed by atoms with E-state index in [1.165, 1.54) is 44.9 Å². The van der Waals surface area contributed by atoms with E-state index in [4.69, 9.17) is 14.2 Å². The maximum Gasteiger partial charge on any atom is 0.0633 e. The van der Waals surface area contributed by atoms with Crippen LogP contribution in [0.15, 0.2) is 0 Å². The summed E-state index contributed by atoms with van der Waals surface area (Å²) >= 11 is 0. The average Bonchev–Trinajstić information content (AvgIpc) is 3.13. The quantitative estimate of drug-likeness (QED) is 0.587. The molecule has 4 rings (SSSR count). The molecular formula is C27H48O4. The van der Waals surface area contributed by atoms with Gasteiger partial charge in [0.05, 0.1) is 18.3 Å². The van der Waals surface area contributed by atoms with Crippen molar-refractivity contribution in [2.24, 2.45) is 46.3 Å². The highest BCUT2D eigenvalue weighted by molar-refractivity contribution is 5.15. The van der Waals surface area contributed by atoms with Crippen LogP contribution >= 0.6 is 0 Å². The lowest BCUT2D eigenvalue weighted by molar-refractivity contribution is -0.218. The molecule has 0 amide bonds. The molecule has 2 unspecified atom stereocenters. The van der Waals surface area contributed by atoms with Gasteiger partial charge in [0, 0.05) is 33.4 Å². The van der Waals surface area contributed by atoms with E-state index in [-0.39, 0.29) is 5.41 Å². The summed E-state index contributed by atoms with van der Waals surface area (Å²) in [6.45, 7) is 7.88. The Morgan fingerprint density at radius 3 is 2.35 bits per heavy atom. The first-order valence-electron chi connectivity index (χ1n) is 13.0. The summed E-state index contributed by atoms with van der Waals surface area (Å²) in [5.41, 5.74) is 0.599. The maximum atomic E-state index is 9.40. The van der Waals surface area contributed by atoms with Gasteiger partial charge >= 0.3 is 0 Å². The number of ether oxygens (including phenoxy) is 3. The number of fused-ring (bicyclic) bond motifs is 5. The van der Waals surface area contributed by atoms with Gasteiger partial charge in [-0.2, -0.15) is 0 Å². The molecule has 11 atom stereocenters. The molecule has 0 heterocycles. The van der Waals surface area contributed by atoms with Crippen molar-refractivity contribution in [1.82, 2.24) is 0 Å². The molecule has 4 aliphatic rings. The van der Waals surface area contributed by atoms with Gasteiger partial charge in [0.2, 0.25) is 0 Å². The molecule has 0 radical (unpaired) electrons. The van der Waals surface area contributed by atoms with E-state index in [9.17, 15) is 5.11 Å². The minimum absolute atomic E-state index is 0.217. The Morgan fingerprint density at radius 1 is 0.935 bits per heavy atom. The number of rotatable bonds is 7. The summed E-state index contributed by atoms with van der Waals surface area (Å²) < 4.78 is 18.5. The van der Waals surface area contributed by atoms with Gasteiger partial charge in [-0.25, -0.2) is 0 Å². The Labute approximate surface area is 190 Å². The predicted octanol–water partition coefficient (Wildman–Crippen LogP) is 5.32. The fourth-order valence-corrected chi connectivity index (χ4v) is 9.49. The van der Waals surface area contributed by atoms with Crippen LogP contribution in [0, 0.1) is 46.3 Å². The van der Waals surface area contributed by atoms with Crippen LogP contribution in [0.25, 0.3) is 0 Å². The number of methoxy groups -OCH3 is 3. The van der Waals surface area contributed by atoms with E-state index in [0.29, 0.717) is 65.8 Å². The second kappa shape index (κ2) is 9.24. The lowest BCUT2D eigenvalue weighted by atomic mass is 9.43. The first-order chi connectivity index (χ1) is 14.8. The molecule has 0 spiro atoms. The van der Waals surface area contributed by atoms with Crippen molar-refractivity contribution in [1.29, 1.82) is 0 Å². The Bertz CT molecular complexity index is 610. The average molecular weight is 437 g/mol. The molecule has 4 aliphatic carbocycles. The van der Waals surface area contributed by atoms with Crippen LogP contribution in [0.3, 0.4) is 0 Å². The minimum atomic E-state index is 0.217. The summed E-state index contributed by atoms with van der Waals surface area (Å²) in [6, 6.07) is 0. The van der Waals surface area contributed by atoms with Gasteiger partial charge in [-0.15, -0.1) is 0 Å². The van der Waals surface area contributed by atoms with E-state index in [1.807, 2.05) is 21.3 Å². The molecule has 180 valence electrons. The molecule has 31 heavy (non-hydrogen) atoms. The van der Waals surface area contributed by atoms with Crippen molar-refractivity contribution in [2.75, 3.05) is 27.9 Å². The normalized spacial score (nSPS) is 50.4. The van der Waals surface area contributed by atoms with Gasteiger partial charge in [0.25, 0.3) is 0 Å². The van der Waals surface area contributed by atoms with Gasteiger partial charge in [-0.05, 0) is 98.7 Å². The van der Waals surface area contributed by atoms with Gasteiger partial charge < -0.3 is 19.3 Å². The summed E-state index contributed by atoms with van der Waals surface area (Å²) in [6.07, 6.45) is 11.8. The van der Waals surface area contributed by atoms with E-state index >= 15 is 0 Å². The molecule has 1 N–H and O–H groups in total. The van der Waals surface area contributed by atoms with Gasteiger partial charge in [0.15, 0.2) is 0 Å². The van der Waals surface area contributed by atoms with Crippen LogP contribution in [0.2, 0.25) is 0 Å². The molecule has 0 saturated heterocycles. The molecule has 4 fully saturated rings. The summed E-state index contributed by atoms with van der Waals surface area (Å²) in [5, 5.41) is 9.40. The fourth-order valence-electron chi connectivity index (χ4n) is 9.49. The number of hydrogen-bond acceptors (Lipinski definition) is 4. The molecule has 0 aromatic rings. The Hall–Kier alpha value is -0.160. The second-order valence-corrected chi connectivity index (χ2v) is 12.0. The molecule has 0 aromatic heterocycles. The highest BCUT2D eigenvalue weighted by Gasteiger charge is 2.66. The minimum Gasteiger partial charge on any atom is -0.396 e. The Balaban J connectivity index is 1.66. The summed E-state index contributed by atoms with van der Waals surface area (Å²) in [4.78, 5) is 0. The smallest absolute Gasteiger partial charge is 0.0633 e. The third-order valence-electron chi connectivity index (χ3n) is 11.2. The lowest BCUT2D eigenvalue weighted by Crippen LogP contribution is -2.63. The maximum absolute atomic E-state index is 9.40. The van der Waals surface area contributed by atoms with Gasteiger partial charge in [-0.3, -0.25) is 0 Å². The van der Waals surface area contributed by atoms with E-state index < -0.39 is 0 Å². The zero-order valence-corrected chi connectivity index (χ0v) is 20.9. The van der Waals surface area contributed by atoms with Crippen molar-refractivity contribution in [2.45, 2.75) is 96.9 Å². The van der Waals surface area contributed by atoms with Crippen LogP contribution in [0.4, 0.5) is 0 Å². The Morgan fingerprint density at radius 2 is 1.71 bits per heavy atom. The topological polar surface area (TPSA) is 47.9 Å². The highest BCUT2D eigenvalue weighted by Crippen LogP contribution is 2.69. The third-order valence-corrected chi connectivity index (χ3v) is 11.2. The van der Waals surface area contributed by atoms with Crippen molar-refractivity contribution in [3.63, 3.8) is 0 Å². The van der Waals surface area contributed by atoms with Crippen LogP contribution in [-0.4, -0.2) is 51.4 Å². The Kier molecular flexibility index (Phi) is 7.14. The van der Waals surface area contributed by atoms with Crippen molar-refractivity contribution in [3.05, 3.63) is 0 Å². The highest BCUT2D eigenvalue weighted by atomic mass is 16.5. The zero-order chi connectivity index (χ0) is 22.4. The van der Waals surface area contributed by atoms with Crippen LogP contribution in [0.1, 0.15) is 78.6 Å². The number of hydrogen-bond donors (Lipinski definition) is 1. The zero-order valence-electron chi connectivity index (χ0n) is 20.9. The fraction of sp³-hybridized carbons (Fsp3) is 1.00. The molecular weight excluding hydrogens is 388 g/mol. The van der Waals surface area contributed by atoms with Crippen molar-refractivity contribution >= 4 is 0 Å². The molecule has 4 nitrogen and oxygen atoms in total. The van der Waals surface area contributed by atoms with Crippen LogP contribution in [-0.2, 0) is 14.2 Å². The molecule has 4 saturated carbocycles. The number of aliphatic hydroxyl groups excluding tert-OH is 1. The van der Waals surface area contributed by atoms with Gasteiger partial charge in [-0.1, -0.05) is 20.8 Å². The SMILES string of the molecule is CO[C@@H]1CC[C@@]2(C)C(C1)C[C@@H](OC)C1[C@@H]3CC[C@H]([C@H](C)CCCO)[C@@]3(C)[C@@H](OC)C[C@@H]12. The molecule has 4 heteroatoms. The first kappa shape index (κ1) is 24.0. The largest absolute Gasteiger partial charge is 0.396 e.